The second-order valence-corrected chi connectivity index (χ2v) is 6.38. The summed E-state index contributed by atoms with van der Waals surface area (Å²) in [6, 6.07) is 6.67. The molecule has 0 saturated heterocycles. The number of aromatic nitrogens is 2. The summed E-state index contributed by atoms with van der Waals surface area (Å²) >= 11 is 4.99. The van der Waals surface area contributed by atoms with Crippen LogP contribution in [0.4, 0.5) is 0 Å². The molecule has 1 N–H and O–H groups in total. The van der Waals surface area contributed by atoms with Gasteiger partial charge in [0.15, 0.2) is 0 Å². The van der Waals surface area contributed by atoms with Crippen molar-refractivity contribution in [3.8, 4) is 0 Å². The van der Waals surface area contributed by atoms with Crippen LogP contribution < -0.4 is 5.56 Å². The van der Waals surface area contributed by atoms with Crippen LogP contribution in [-0.2, 0) is 6.54 Å². The van der Waals surface area contributed by atoms with E-state index in [1.807, 2.05) is 19.1 Å². The van der Waals surface area contributed by atoms with Gasteiger partial charge in [0.1, 0.15) is 5.69 Å². The summed E-state index contributed by atoms with van der Waals surface area (Å²) < 4.78 is 1.04. The first kappa shape index (κ1) is 14.0. The van der Waals surface area contributed by atoms with Gasteiger partial charge in [-0.25, -0.2) is 5.10 Å². The first-order valence-electron chi connectivity index (χ1n) is 5.69. The number of nitrogens with one attached hydrogen (secondary N) is 1. The second kappa shape index (κ2) is 6.12. The molecule has 0 spiro atoms. The van der Waals surface area contributed by atoms with Crippen molar-refractivity contribution in [1.29, 1.82) is 0 Å². The number of aromatic amines is 1. The Hall–Kier alpha value is -1.47. The zero-order valence-electron chi connectivity index (χ0n) is 10.2. The van der Waals surface area contributed by atoms with Gasteiger partial charge >= 0.3 is 0 Å². The molecule has 2 rings (SSSR count). The Morgan fingerprint density at radius 1 is 1.42 bits per heavy atom. The van der Waals surface area contributed by atoms with E-state index in [1.165, 1.54) is 12.1 Å². The summed E-state index contributed by atoms with van der Waals surface area (Å²) in [6.07, 6.45) is 0. The molecule has 2 heterocycles. The molecule has 2 aromatic rings. The van der Waals surface area contributed by atoms with Gasteiger partial charge in [-0.15, -0.1) is 11.3 Å². The normalized spacial score (nSPS) is 10.4. The molecular formula is C12H12BrN3O2S. The van der Waals surface area contributed by atoms with Gasteiger partial charge in [0, 0.05) is 17.5 Å². The summed E-state index contributed by atoms with van der Waals surface area (Å²) in [5.74, 6) is -0.191. The van der Waals surface area contributed by atoms with E-state index in [9.17, 15) is 9.59 Å². The Bertz CT molecular complexity index is 617. The van der Waals surface area contributed by atoms with Gasteiger partial charge in [0.2, 0.25) is 0 Å². The summed E-state index contributed by atoms with van der Waals surface area (Å²) in [7, 11) is 0. The van der Waals surface area contributed by atoms with E-state index in [1.54, 1.807) is 16.2 Å². The minimum absolute atomic E-state index is 0.191. The third kappa shape index (κ3) is 3.51. The van der Waals surface area contributed by atoms with E-state index in [-0.39, 0.29) is 17.2 Å². The standard InChI is InChI=1S/C12H12BrN3O2S/c1-2-16(7-8-3-5-10(13)19-8)12(18)9-4-6-11(17)15-14-9/h3-6H,2,7H2,1H3,(H,15,17). The number of hydrogen-bond donors (Lipinski definition) is 1. The third-order valence-electron chi connectivity index (χ3n) is 2.54. The van der Waals surface area contributed by atoms with E-state index < -0.39 is 0 Å². The minimum Gasteiger partial charge on any atom is -0.332 e. The fourth-order valence-corrected chi connectivity index (χ4v) is 3.08. The number of carbonyl (C=O) groups excluding carboxylic acids is 1. The summed E-state index contributed by atoms with van der Waals surface area (Å²) in [6.45, 7) is 3.02. The average molecular weight is 342 g/mol. The first-order chi connectivity index (χ1) is 9.10. The highest BCUT2D eigenvalue weighted by Gasteiger charge is 2.16. The monoisotopic (exact) mass is 341 g/mol. The fourth-order valence-electron chi connectivity index (χ4n) is 1.58. The smallest absolute Gasteiger partial charge is 0.274 e. The Balaban J connectivity index is 2.15. The highest BCUT2D eigenvalue weighted by molar-refractivity contribution is 9.11. The number of carbonyl (C=O) groups is 1. The number of thiophene rings is 1. The minimum atomic E-state index is -0.318. The van der Waals surface area contributed by atoms with Gasteiger partial charge < -0.3 is 4.90 Å². The van der Waals surface area contributed by atoms with Gasteiger partial charge in [-0.3, -0.25) is 9.59 Å². The topological polar surface area (TPSA) is 66.1 Å². The molecule has 0 saturated carbocycles. The molecule has 0 radical (unpaired) electrons. The first-order valence-corrected chi connectivity index (χ1v) is 7.30. The maximum atomic E-state index is 12.2. The van der Waals surface area contributed by atoms with Crippen molar-refractivity contribution >= 4 is 33.2 Å². The van der Waals surface area contributed by atoms with Crippen LogP contribution in [0.2, 0.25) is 0 Å². The summed E-state index contributed by atoms with van der Waals surface area (Å²) in [4.78, 5) is 25.9. The molecule has 2 aromatic heterocycles. The Kier molecular flexibility index (Phi) is 4.49. The fraction of sp³-hybridized carbons (Fsp3) is 0.250. The highest BCUT2D eigenvalue weighted by atomic mass is 79.9. The van der Waals surface area contributed by atoms with Crippen molar-refractivity contribution in [2.45, 2.75) is 13.5 Å². The number of amides is 1. The highest BCUT2D eigenvalue weighted by Crippen LogP contribution is 2.23. The van der Waals surface area contributed by atoms with Gasteiger partial charge in [-0.05, 0) is 41.1 Å². The van der Waals surface area contributed by atoms with Crippen LogP contribution in [0.15, 0.2) is 32.8 Å². The largest absolute Gasteiger partial charge is 0.332 e. The van der Waals surface area contributed by atoms with E-state index >= 15 is 0 Å². The Labute approximate surface area is 122 Å². The lowest BCUT2D eigenvalue weighted by Crippen LogP contribution is -2.31. The van der Waals surface area contributed by atoms with Gasteiger partial charge in [0.25, 0.3) is 11.5 Å². The maximum absolute atomic E-state index is 12.2. The molecule has 0 aliphatic rings. The predicted molar refractivity (Wildman–Crippen MR) is 77.3 cm³/mol. The van der Waals surface area contributed by atoms with E-state index in [4.69, 9.17) is 0 Å². The SMILES string of the molecule is CCN(Cc1ccc(Br)s1)C(=O)c1ccc(=O)[nH]n1. The number of nitrogens with zero attached hydrogens (tertiary/aromatic N) is 2. The molecule has 19 heavy (non-hydrogen) atoms. The van der Waals surface area contributed by atoms with Gasteiger partial charge in [-0.2, -0.15) is 5.10 Å². The van der Waals surface area contributed by atoms with Crippen molar-refractivity contribution in [2.75, 3.05) is 6.54 Å². The Morgan fingerprint density at radius 3 is 2.74 bits per heavy atom. The molecule has 1 amide bonds. The van der Waals surface area contributed by atoms with Crippen LogP contribution in [0.3, 0.4) is 0 Å². The summed E-state index contributed by atoms with van der Waals surface area (Å²) in [5, 5.41) is 6.03. The lowest BCUT2D eigenvalue weighted by Gasteiger charge is -2.19. The van der Waals surface area contributed by atoms with Crippen molar-refractivity contribution in [2.24, 2.45) is 0 Å². The van der Waals surface area contributed by atoms with Gasteiger partial charge in [-0.1, -0.05) is 0 Å². The van der Waals surface area contributed by atoms with Crippen LogP contribution in [0.5, 0.6) is 0 Å². The number of halogens is 1. The predicted octanol–water partition coefficient (Wildman–Crippen LogP) is 2.26. The zero-order chi connectivity index (χ0) is 13.8. The molecule has 0 unspecified atom stereocenters. The maximum Gasteiger partial charge on any atom is 0.274 e. The van der Waals surface area contributed by atoms with E-state index in [0.29, 0.717) is 13.1 Å². The average Bonchev–Trinajstić information content (AvgIpc) is 2.81. The Morgan fingerprint density at radius 2 is 2.21 bits per heavy atom. The number of hydrogen-bond acceptors (Lipinski definition) is 4. The lowest BCUT2D eigenvalue weighted by atomic mass is 10.3. The van der Waals surface area contributed by atoms with Crippen LogP contribution in [0.25, 0.3) is 0 Å². The molecule has 0 aliphatic carbocycles. The molecule has 7 heteroatoms. The molecule has 0 atom stereocenters. The van der Waals surface area contributed by atoms with Gasteiger partial charge in [0.05, 0.1) is 10.3 Å². The molecule has 5 nitrogen and oxygen atoms in total. The zero-order valence-corrected chi connectivity index (χ0v) is 12.6. The molecule has 0 fully saturated rings. The number of rotatable bonds is 4. The van der Waals surface area contributed by atoms with E-state index in [2.05, 4.69) is 26.1 Å². The third-order valence-corrected chi connectivity index (χ3v) is 4.15. The van der Waals surface area contributed by atoms with Crippen molar-refractivity contribution in [3.05, 3.63) is 49.0 Å². The van der Waals surface area contributed by atoms with E-state index in [0.717, 1.165) is 8.66 Å². The lowest BCUT2D eigenvalue weighted by molar-refractivity contribution is 0.0747. The molecule has 100 valence electrons. The van der Waals surface area contributed by atoms with Crippen molar-refractivity contribution < 1.29 is 4.79 Å². The molecular weight excluding hydrogens is 330 g/mol. The summed E-state index contributed by atoms with van der Waals surface area (Å²) in [5.41, 5.74) is -0.0705. The van der Waals surface area contributed by atoms with Crippen LogP contribution in [-0.4, -0.2) is 27.5 Å². The molecule has 0 bridgehead atoms. The van der Waals surface area contributed by atoms with Crippen LogP contribution in [0.1, 0.15) is 22.3 Å². The molecule has 0 aliphatic heterocycles. The quantitative estimate of drug-likeness (QED) is 0.927. The van der Waals surface area contributed by atoms with Crippen molar-refractivity contribution in [3.63, 3.8) is 0 Å². The number of H-pyrrole nitrogens is 1. The molecule has 0 aromatic carbocycles. The van der Waals surface area contributed by atoms with Crippen LogP contribution >= 0.6 is 27.3 Å². The van der Waals surface area contributed by atoms with Crippen molar-refractivity contribution in [1.82, 2.24) is 15.1 Å². The second-order valence-electron chi connectivity index (χ2n) is 3.83. The van der Waals surface area contributed by atoms with Crippen LogP contribution in [0, 0.1) is 0 Å².